The average Bonchev–Trinajstić information content (AvgIpc) is 2.39. The molecule has 0 aliphatic heterocycles. The highest BCUT2D eigenvalue weighted by molar-refractivity contribution is 6.34. The Bertz CT molecular complexity index is 613. The molecule has 2 rings (SSSR count). The van der Waals surface area contributed by atoms with Crippen molar-refractivity contribution in [1.29, 1.82) is 0 Å². The summed E-state index contributed by atoms with van der Waals surface area (Å²) in [6.07, 6.45) is 3.82. The summed E-state index contributed by atoms with van der Waals surface area (Å²) in [4.78, 5) is 15.9. The van der Waals surface area contributed by atoms with Gasteiger partial charge in [-0.25, -0.2) is 0 Å². The van der Waals surface area contributed by atoms with Gasteiger partial charge in [0.15, 0.2) is 0 Å². The van der Waals surface area contributed by atoms with Crippen molar-refractivity contribution in [3.05, 3.63) is 52.8 Å². The fourth-order valence-corrected chi connectivity index (χ4v) is 1.96. The molecule has 2 aromatic rings. The van der Waals surface area contributed by atoms with Crippen LogP contribution in [0.4, 0.5) is 11.4 Å². The normalized spacial score (nSPS) is 10.2. The van der Waals surface area contributed by atoms with Gasteiger partial charge in [-0.3, -0.25) is 9.78 Å². The van der Waals surface area contributed by atoms with Crippen molar-refractivity contribution in [2.24, 2.45) is 0 Å². The predicted molar refractivity (Wildman–Crippen MR) is 77.4 cm³/mol. The van der Waals surface area contributed by atoms with Crippen molar-refractivity contribution < 1.29 is 4.79 Å². The van der Waals surface area contributed by atoms with Gasteiger partial charge in [0.2, 0.25) is 0 Å². The molecule has 1 aromatic carbocycles. The number of rotatable bonds is 3. The van der Waals surface area contributed by atoms with E-state index in [-0.39, 0.29) is 5.91 Å². The minimum absolute atomic E-state index is 0.281. The molecular weight excluding hydrogens is 262 g/mol. The maximum Gasteiger partial charge on any atom is 0.257 e. The van der Waals surface area contributed by atoms with Crippen LogP contribution in [-0.2, 0) is 6.42 Å². The Morgan fingerprint density at radius 1 is 1.42 bits per heavy atom. The molecule has 0 radical (unpaired) electrons. The van der Waals surface area contributed by atoms with Crippen molar-refractivity contribution in [1.82, 2.24) is 4.98 Å². The quantitative estimate of drug-likeness (QED) is 0.846. The summed E-state index contributed by atoms with van der Waals surface area (Å²) in [5, 5.41) is 3.08. The van der Waals surface area contributed by atoms with Crippen LogP contribution in [0.25, 0.3) is 0 Å². The summed E-state index contributed by atoms with van der Waals surface area (Å²) in [7, 11) is 0. The number of hydrogen-bond donors (Lipinski definition) is 2. The zero-order valence-corrected chi connectivity index (χ0v) is 11.2. The molecular formula is C14H14ClN3O. The van der Waals surface area contributed by atoms with Gasteiger partial charge in [0.25, 0.3) is 5.91 Å². The Morgan fingerprint density at radius 2 is 2.21 bits per heavy atom. The number of carbonyl (C=O) groups is 1. The SMILES string of the molecule is CCc1ccc(NC(=O)c2ccncc2Cl)cc1N. The molecule has 0 aliphatic rings. The number of amides is 1. The maximum absolute atomic E-state index is 12.0. The van der Waals surface area contributed by atoms with Crippen molar-refractivity contribution in [3.63, 3.8) is 0 Å². The second-order valence-corrected chi connectivity index (χ2v) is 4.48. The van der Waals surface area contributed by atoms with Crippen LogP contribution in [0, 0.1) is 0 Å². The van der Waals surface area contributed by atoms with E-state index in [9.17, 15) is 4.79 Å². The Hall–Kier alpha value is -2.07. The standard InChI is InChI=1S/C14H14ClN3O/c1-2-9-3-4-10(7-13(9)16)18-14(19)11-5-6-17-8-12(11)15/h3-8H,2,16H2,1H3,(H,18,19). The molecule has 0 saturated heterocycles. The summed E-state index contributed by atoms with van der Waals surface area (Å²) >= 11 is 5.92. The lowest BCUT2D eigenvalue weighted by Crippen LogP contribution is -2.13. The molecule has 1 amide bonds. The van der Waals surface area contributed by atoms with Gasteiger partial charge in [0, 0.05) is 23.8 Å². The molecule has 19 heavy (non-hydrogen) atoms. The first-order chi connectivity index (χ1) is 9.11. The van der Waals surface area contributed by atoms with Gasteiger partial charge in [-0.15, -0.1) is 0 Å². The second-order valence-electron chi connectivity index (χ2n) is 4.08. The van der Waals surface area contributed by atoms with Crippen LogP contribution in [0.5, 0.6) is 0 Å². The van der Waals surface area contributed by atoms with Gasteiger partial charge >= 0.3 is 0 Å². The van der Waals surface area contributed by atoms with E-state index in [0.717, 1.165) is 12.0 Å². The number of hydrogen-bond acceptors (Lipinski definition) is 3. The third-order valence-corrected chi connectivity index (χ3v) is 3.10. The third kappa shape index (κ3) is 3.03. The molecule has 1 aromatic heterocycles. The zero-order chi connectivity index (χ0) is 13.8. The minimum atomic E-state index is -0.281. The van der Waals surface area contributed by atoms with Crippen LogP contribution in [0.15, 0.2) is 36.7 Å². The Kier molecular flexibility index (Phi) is 4.02. The Morgan fingerprint density at radius 3 is 2.84 bits per heavy atom. The van der Waals surface area contributed by atoms with Crippen LogP contribution in [0.1, 0.15) is 22.8 Å². The van der Waals surface area contributed by atoms with E-state index in [1.807, 2.05) is 19.1 Å². The lowest BCUT2D eigenvalue weighted by Gasteiger charge is -2.09. The lowest BCUT2D eigenvalue weighted by atomic mass is 10.1. The first-order valence-corrected chi connectivity index (χ1v) is 6.29. The second kappa shape index (κ2) is 5.71. The summed E-state index contributed by atoms with van der Waals surface area (Å²) < 4.78 is 0. The first kappa shape index (κ1) is 13.4. The topological polar surface area (TPSA) is 68.0 Å². The number of nitrogen functional groups attached to an aromatic ring is 1. The van der Waals surface area contributed by atoms with Crippen molar-refractivity contribution in [3.8, 4) is 0 Å². The molecule has 0 aliphatic carbocycles. The number of nitrogens with two attached hydrogens (primary N) is 1. The van der Waals surface area contributed by atoms with Crippen LogP contribution >= 0.6 is 11.6 Å². The zero-order valence-electron chi connectivity index (χ0n) is 10.5. The van der Waals surface area contributed by atoms with E-state index in [1.54, 1.807) is 12.1 Å². The number of nitrogens with one attached hydrogen (secondary N) is 1. The van der Waals surface area contributed by atoms with E-state index in [1.165, 1.54) is 12.4 Å². The number of benzene rings is 1. The molecule has 98 valence electrons. The van der Waals surface area contributed by atoms with Crippen molar-refractivity contribution >= 4 is 28.9 Å². The highest BCUT2D eigenvalue weighted by Gasteiger charge is 2.10. The average molecular weight is 276 g/mol. The van der Waals surface area contributed by atoms with Gasteiger partial charge < -0.3 is 11.1 Å². The monoisotopic (exact) mass is 275 g/mol. The fraction of sp³-hybridized carbons (Fsp3) is 0.143. The molecule has 0 fully saturated rings. The molecule has 4 nitrogen and oxygen atoms in total. The number of anilines is 2. The molecule has 0 saturated carbocycles. The van der Waals surface area contributed by atoms with E-state index in [0.29, 0.717) is 22.0 Å². The number of nitrogens with zero attached hydrogens (tertiary/aromatic N) is 1. The number of halogens is 1. The van der Waals surface area contributed by atoms with Crippen LogP contribution < -0.4 is 11.1 Å². The predicted octanol–water partition coefficient (Wildman–Crippen LogP) is 3.13. The third-order valence-electron chi connectivity index (χ3n) is 2.80. The Balaban J connectivity index is 2.20. The summed E-state index contributed by atoms with van der Waals surface area (Å²) in [6.45, 7) is 2.03. The van der Waals surface area contributed by atoms with Crippen molar-refractivity contribution in [2.45, 2.75) is 13.3 Å². The summed E-state index contributed by atoms with van der Waals surface area (Å²) in [5.74, 6) is -0.281. The number of pyridine rings is 1. The molecule has 5 heteroatoms. The van der Waals surface area contributed by atoms with E-state index < -0.39 is 0 Å². The smallest absolute Gasteiger partial charge is 0.257 e. The number of aryl methyl sites for hydroxylation is 1. The maximum atomic E-state index is 12.0. The van der Waals surface area contributed by atoms with E-state index in [2.05, 4.69) is 10.3 Å². The van der Waals surface area contributed by atoms with Gasteiger partial charge in [-0.1, -0.05) is 24.6 Å². The largest absolute Gasteiger partial charge is 0.398 e. The lowest BCUT2D eigenvalue weighted by molar-refractivity contribution is 0.102. The summed E-state index contributed by atoms with van der Waals surface area (Å²) in [6, 6.07) is 7.04. The highest BCUT2D eigenvalue weighted by Crippen LogP contribution is 2.20. The van der Waals surface area contributed by atoms with Crippen LogP contribution in [0.3, 0.4) is 0 Å². The minimum Gasteiger partial charge on any atom is -0.398 e. The van der Waals surface area contributed by atoms with Gasteiger partial charge in [-0.2, -0.15) is 0 Å². The molecule has 0 spiro atoms. The van der Waals surface area contributed by atoms with Crippen LogP contribution in [0.2, 0.25) is 5.02 Å². The van der Waals surface area contributed by atoms with Gasteiger partial charge in [0.1, 0.15) is 0 Å². The van der Waals surface area contributed by atoms with Crippen molar-refractivity contribution in [2.75, 3.05) is 11.1 Å². The molecule has 0 atom stereocenters. The molecule has 3 N–H and O–H groups in total. The number of aromatic nitrogens is 1. The summed E-state index contributed by atoms with van der Waals surface area (Å²) in [5.41, 5.74) is 8.64. The Labute approximate surface area is 116 Å². The van der Waals surface area contributed by atoms with Gasteiger partial charge in [0.05, 0.1) is 10.6 Å². The molecule has 0 unspecified atom stereocenters. The molecule has 1 heterocycles. The van der Waals surface area contributed by atoms with E-state index in [4.69, 9.17) is 17.3 Å². The first-order valence-electron chi connectivity index (χ1n) is 5.91. The fourth-order valence-electron chi connectivity index (χ4n) is 1.75. The van der Waals surface area contributed by atoms with Gasteiger partial charge in [-0.05, 0) is 30.2 Å². The van der Waals surface area contributed by atoms with E-state index >= 15 is 0 Å². The van der Waals surface area contributed by atoms with Crippen LogP contribution in [-0.4, -0.2) is 10.9 Å². The number of carbonyl (C=O) groups excluding carboxylic acids is 1. The molecule has 0 bridgehead atoms. The highest BCUT2D eigenvalue weighted by atomic mass is 35.5.